The first kappa shape index (κ1) is 43.3. The van der Waals surface area contributed by atoms with Crippen LogP contribution in [0.4, 0.5) is 0 Å². The molecule has 0 saturated heterocycles. The largest absolute Gasteiger partial charge is 0.485 e. The van der Waals surface area contributed by atoms with E-state index >= 15 is 0 Å². The first-order chi connectivity index (χ1) is 22.7. The Kier molecular flexibility index (Phi) is 23.4. The van der Waals surface area contributed by atoms with Crippen molar-refractivity contribution < 1.29 is 4.74 Å². The number of rotatable bonds is 10. The summed E-state index contributed by atoms with van der Waals surface area (Å²) in [5, 5.41) is 0. The molecule has 258 valence electrons. The molecule has 0 saturated carbocycles. The molecular formula is C44H66N2O. The lowest BCUT2D eigenvalue weighted by atomic mass is 9.93. The number of aromatic nitrogens is 2. The predicted molar refractivity (Wildman–Crippen MR) is 211 cm³/mol. The molecule has 3 heterocycles. The first-order valence-electron chi connectivity index (χ1n) is 18.1. The Bertz CT molecular complexity index is 1360. The summed E-state index contributed by atoms with van der Waals surface area (Å²) >= 11 is 0. The Morgan fingerprint density at radius 3 is 1.87 bits per heavy atom. The molecule has 3 heteroatoms. The minimum atomic E-state index is -0.00208. The van der Waals surface area contributed by atoms with Gasteiger partial charge in [-0.1, -0.05) is 130 Å². The molecule has 0 aliphatic carbocycles. The van der Waals surface area contributed by atoms with Crippen LogP contribution >= 0.6 is 0 Å². The third-order valence-electron chi connectivity index (χ3n) is 7.31. The number of aryl methyl sites for hydroxylation is 3. The zero-order valence-corrected chi connectivity index (χ0v) is 32.1. The molecule has 1 aromatic carbocycles. The number of benzene rings is 1. The normalized spacial score (nSPS) is 13.8. The molecule has 0 amide bonds. The van der Waals surface area contributed by atoms with Crippen LogP contribution in [0.15, 0.2) is 91.5 Å². The summed E-state index contributed by atoms with van der Waals surface area (Å²) in [6.07, 6.45) is 16.0. The van der Waals surface area contributed by atoms with E-state index in [2.05, 4.69) is 115 Å². The molecule has 0 fully saturated rings. The Morgan fingerprint density at radius 1 is 0.809 bits per heavy atom. The van der Waals surface area contributed by atoms with E-state index in [1.54, 1.807) is 0 Å². The smallest absolute Gasteiger partial charge is 0.128 e. The van der Waals surface area contributed by atoms with Gasteiger partial charge in [-0.2, -0.15) is 0 Å². The van der Waals surface area contributed by atoms with Crippen LogP contribution < -0.4 is 0 Å². The maximum atomic E-state index is 6.48. The Labute approximate surface area is 290 Å². The predicted octanol–water partition coefficient (Wildman–Crippen LogP) is 13.7. The Balaban J connectivity index is 0.00000141. The van der Waals surface area contributed by atoms with Crippen molar-refractivity contribution in [1.82, 2.24) is 9.97 Å². The number of hydrogen-bond acceptors (Lipinski definition) is 3. The highest BCUT2D eigenvalue weighted by atomic mass is 16.5. The number of allylic oxidation sites excluding steroid dienone is 4. The summed E-state index contributed by atoms with van der Waals surface area (Å²) < 4.78 is 6.48. The van der Waals surface area contributed by atoms with Crippen LogP contribution in [0.3, 0.4) is 0 Å². The van der Waals surface area contributed by atoms with Crippen molar-refractivity contribution in [3.8, 4) is 11.3 Å². The summed E-state index contributed by atoms with van der Waals surface area (Å²) in [5.74, 6) is 0.890. The molecule has 1 aliphatic rings. The van der Waals surface area contributed by atoms with E-state index in [0.717, 1.165) is 70.7 Å². The van der Waals surface area contributed by atoms with E-state index in [0.29, 0.717) is 0 Å². The van der Waals surface area contributed by atoms with Gasteiger partial charge in [-0.05, 0) is 86.6 Å². The van der Waals surface area contributed by atoms with Crippen molar-refractivity contribution in [3.63, 3.8) is 0 Å². The fourth-order valence-corrected chi connectivity index (χ4v) is 4.78. The van der Waals surface area contributed by atoms with Crippen molar-refractivity contribution in [2.75, 3.05) is 0 Å². The summed E-state index contributed by atoms with van der Waals surface area (Å²) in [7, 11) is 0. The monoisotopic (exact) mass is 639 g/mol. The van der Waals surface area contributed by atoms with E-state index in [4.69, 9.17) is 9.72 Å². The molecule has 1 atom stereocenters. The number of pyridine rings is 2. The fourth-order valence-electron chi connectivity index (χ4n) is 4.78. The average molecular weight is 639 g/mol. The molecule has 2 aromatic heterocycles. The van der Waals surface area contributed by atoms with Crippen molar-refractivity contribution in [2.45, 2.75) is 134 Å². The van der Waals surface area contributed by atoms with E-state index < -0.39 is 0 Å². The third-order valence-corrected chi connectivity index (χ3v) is 7.31. The standard InChI is InChI=1S/C31H34N2O.C5H10.C4H10.2C2H6/c1-7-9-25-13-11-24(19-32-25)28-15-12-23(18-33-28)27-17-30(34-29(27)8-2)31(20(3)4)26-14-10-21(5)16-22(26)6;1-3-5-4-2;1-3-4-2;2*1-2/h10-19,29H,3,7-9H2,1-2,4-6H3;3H,1,4-5H2,2H3;3-4H2,1-2H3;2*1-2H3/b31-30-;;;;. The van der Waals surface area contributed by atoms with E-state index in [-0.39, 0.29) is 6.10 Å². The SMILES string of the molecule is C=C(C)/C(=C1\C=C(c2ccc(-c3ccc(CCC)nc3)nc2)C(CC)O1)c1ccc(C)cc1C.C=CCCC.CC.CC.CCCC. The van der Waals surface area contributed by atoms with Gasteiger partial charge in [0.2, 0.25) is 0 Å². The molecule has 1 unspecified atom stereocenters. The molecule has 4 rings (SSSR count). The first-order valence-corrected chi connectivity index (χ1v) is 18.1. The van der Waals surface area contributed by atoms with Gasteiger partial charge in [0, 0.05) is 34.8 Å². The van der Waals surface area contributed by atoms with Crippen molar-refractivity contribution in [1.29, 1.82) is 0 Å². The van der Waals surface area contributed by atoms with Crippen molar-refractivity contribution in [3.05, 3.63) is 119 Å². The van der Waals surface area contributed by atoms with Crippen LogP contribution in [0.2, 0.25) is 0 Å². The zero-order valence-electron chi connectivity index (χ0n) is 32.1. The molecule has 0 spiro atoms. The van der Waals surface area contributed by atoms with Gasteiger partial charge in [0.25, 0.3) is 0 Å². The number of ether oxygens (including phenoxy) is 1. The highest BCUT2D eigenvalue weighted by Crippen LogP contribution is 2.39. The van der Waals surface area contributed by atoms with E-state index in [9.17, 15) is 0 Å². The quantitative estimate of drug-likeness (QED) is 0.207. The van der Waals surface area contributed by atoms with Crippen LogP contribution in [0.25, 0.3) is 22.4 Å². The average Bonchev–Trinajstić information content (AvgIpc) is 3.53. The number of hydrogen-bond donors (Lipinski definition) is 0. The van der Waals surface area contributed by atoms with Crippen LogP contribution in [0.1, 0.15) is 136 Å². The fraction of sp³-hybridized carbons (Fsp3) is 0.455. The maximum Gasteiger partial charge on any atom is 0.128 e. The molecule has 47 heavy (non-hydrogen) atoms. The molecule has 3 nitrogen and oxygen atoms in total. The lowest BCUT2D eigenvalue weighted by molar-refractivity contribution is 0.185. The van der Waals surface area contributed by atoms with Gasteiger partial charge >= 0.3 is 0 Å². The van der Waals surface area contributed by atoms with Crippen molar-refractivity contribution >= 4 is 11.1 Å². The lowest BCUT2D eigenvalue weighted by Gasteiger charge is -2.17. The summed E-state index contributed by atoms with van der Waals surface area (Å²) in [6, 6.07) is 14.9. The summed E-state index contributed by atoms with van der Waals surface area (Å²) in [4.78, 5) is 9.33. The molecule has 1 aliphatic heterocycles. The lowest BCUT2D eigenvalue weighted by Crippen LogP contribution is -2.08. The highest BCUT2D eigenvalue weighted by Gasteiger charge is 2.27. The van der Waals surface area contributed by atoms with Crippen LogP contribution in [-0.4, -0.2) is 16.1 Å². The van der Waals surface area contributed by atoms with Crippen LogP contribution in [0.5, 0.6) is 0 Å². The van der Waals surface area contributed by atoms with Gasteiger partial charge in [-0.15, -0.1) is 6.58 Å². The topological polar surface area (TPSA) is 35.0 Å². The van der Waals surface area contributed by atoms with Crippen LogP contribution in [0, 0.1) is 13.8 Å². The molecular weight excluding hydrogens is 572 g/mol. The van der Waals surface area contributed by atoms with Gasteiger partial charge in [0.05, 0.1) is 5.69 Å². The second-order valence-electron chi connectivity index (χ2n) is 11.3. The minimum absolute atomic E-state index is 0.00208. The Morgan fingerprint density at radius 2 is 1.45 bits per heavy atom. The molecule has 0 N–H and O–H groups in total. The number of nitrogens with zero attached hydrogens (tertiary/aromatic N) is 2. The Hall–Kier alpha value is -3.72. The maximum absolute atomic E-state index is 6.48. The van der Waals surface area contributed by atoms with Crippen molar-refractivity contribution in [2.24, 2.45) is 0 Å². The zero-order chi connectivity index (χ0) is 35.8. The molecule has 3 aromatic rings. The number of unbranched alkanes of at least 4 members (excludes halogenated alkanes) is 2. The van der Waals surface area contributed by atoms with Gasteiger partial charge < -0.3 is 4.74 Å². The molecule has 0 radical (unpaired) electrons. The van der Waals surface area contributed by atoms with Gasteiger partial charge in [0.15, 0.2) is 0 Å². The van der Waals surface area contributed by atoms with Crippen LogP contribution in [-0.2, 0) is 11.2 Å². The van der Waals surface area contributed by atoms with Gasteiger partial charge in [-0.25, -0.2) is 0 Å². The second-order valence-corrected chi connectivity index (χ2v) is 11.3. The highest BCUT2D eigenvalue weighted by molar-refractivity contribution is 5.86. The summed E-state index contributed by atoms with van der Waals surface area (Å²) in [5.41, 5.74) is 11.1. The second kappa shape index (κ2) is 25.4. The third kappa shape index (κ3) is 14.3. The summed E-state index contributed by atoms with van der Waals surface area (Å²) in [6.45, 7) is 33.0. The van der Waals surface area contributed by atoms with E-state index in [1.807, 2.05) is 53.1 Å². The minimum Gasteiger partial charge on any atom is -0.485 e. The van der Waals surface area contributed by atoms with Gasteiger partial charge in [-0.3, -0.25) is 9.97 Å². The van der Waals surface area contributed by atoms with Gasteiger partial charge in [0.1, 0.15) is 11.9 Å². The molecule has 0 bridgehead atoms. The van der Waals surface area contributed by atoms with E-state index in [1.165, 1.54) is 36.0 Å².